The standard InChI is InChI=1S/C14H20N2O/c1-2-3-4-8-14(17)16-10-9-11-12(15)6-5-7-13(11)16/h5-7H,2-4,8-10,15H2,1H3. The van der Waals surface area contributed by atoms with Crippen molar-refractivity contribution in [3.05, 3.63) is 23.8 Å². The van der Waals surface area contributed by atoms with Crippen LogP contribution in [0.4, 0.5) is 11.4 Å². The first-order valence-corrected chi connectivity index (χ1v) is 6.41. The molecule has 0 atom stereocenters. The number of carbonyl (C=O) groups excluding carboxylic acids is 1. The van der Waals surface area contributed by atoms with Gasteiger partial charge in [0.2, 0.25) is 5.91 Å². The van der Waals surface area contributed by atoms with Crippen LogP contribution < -0.4 is 10.6 Å². The summed E-state index contributed by atoms with van der Waals surface area (Å²) in [6.45, 7) is 2.94. The van der Waals surface area contributed by atoms with Crippen LogP contribution in [0, 0.1) is 0 Å². The number of rotatable bonds is 4. The van der Waals surface area contributed by atoms with Gasteiger partial charge in [-0.3, -0.25) is 4.79 Å². The van der Waals surface area contributed by atoms with Gasteiger partial charge in [-0.2, -0.15) is 0 Å². The van der Waals surface area contributed by atoms with Gasteiger partial charge < -0.3 is 10.6 Å². The number of hydrogen-bond donors (Lipinski definition) is 1. The molecule has 1 aliphatic rings. The van der Waals surface area contributed by atoms with Gasteiger partial charge in [0.15, 0.2) is 0 Å². The Balaban J connectivity index is 2.06. The Morgan fingerprint density at radius 3 is 3.00 bits per heavy atom. The van der Waals surface area contributed by atoms with E-state index in [9.17, 15) is 4.79 Å². The monoisotopic (exact) mass is 232 g/mol. The van der Waals surface area contributed by atoms with E-state index in [0.717, 1.165) is 49.2 Å². The van der Waals surface area contributed by atoms with E-state index in [2.05, 4.69) is 6.92 Å². The lowest BCUT2D eigenvalue weighted by Gasteiger charge is -2.17. The highest BCUT2D eigenvalue weighted by molar-refractivity contribution is 5.96. The summed E-state index contributed by atoms with van der Waals surface area (Å²) in [5, 5.41) is 0. The van der Waals surface area contributed by atoms with Crippen molar-refractivity contribution in [3.8, 4) is 0 Å². The van der Waals surface area contributed by atoms with Gasteiger partial charge in [-0.05, 0) is 25.0 Å². The molecule has 17 heavy (non-hydrogen) atoms. The van der Waals surface area contributed by atoms with Crippen LogP contribution >= 0.6 is 0 Å². The van der Waals surface area contributed by atoms with E-state index < -0.39 is 0 Å². The molecule has 0 spiro atoms. The number of nitrogens with zero attached hydrogens (tertiary/aromatic N) is 1. The van der Waals surface area contributed by atoms with Crippen LogP contribution in [0.25, 0.3) is 0 Å². The van der Waals surface area contributed by atoms with Crippen molar-refractivity contribution in [2.45, 2.75) is 39.0 Å². The Bertz CT molecular complexity index is 415. The Morgan fingerprint density at radius 2 is 2.24 bits per heavy atom. The summed E-state index contributed by atoms with van der Waals surface area (Å²) in [5.74, 6) is 0.239. The molecule has 0 unspecified atom stereocenters. The second-order valence-corrected chi connectivity index (χ2v) is 4.60. The minimum Gasteiger partial charge on any atom is -0.398 e. The average Bonchev–Trinajstić information content (AvgIpc) is 2.74. The summed E-state index contributed by atoms with van der Waals surface area (Å²) in [7, 11) is 0. The van der Waals surface area contributed by atoms with Crippen LogP contribution in [0.3, 0.4) is 0 Å². The lowest BCUT2D eigenvalue weighted by atomic mass is 10.1. The number of hydrogen-bond acceptors (Lipinski definition) is 2. The van der Waals surface area contributed by atoms with Crippen LogP contribution in [-0.4, -0.2) is 12.5 Å². The molecule has 0 radical (unpaired) electrons. The van der Waals surface area contributed by atoms with Crippen LogP contribution in [0.5, 0.6) is 0 Å². The van der Waals surface area contributed by atoms with Crippen molar-refractivity contribution in [2.24, 2.45) is 0 Å². The van der Waals surface area contributed by atoms with Crippen LogP contribution in [-0.2, 0) is 11.2 Å². The molecule has 0 aromatic heterocycles. The summed E-state index contributed by atoms with van der Waals surface area (Å²) in [6.07, 6.45) is 4.81. The molecule has 1 aromatic carbocycles. The molecule has 0 bridgehead atoms. The third kappa shape index (κ3) is 2.43. The first-order chi connectivity index (χ1) is 8.24. The molecule has 0 saturated carbocycles. The first kappa shape index (κ1) is 12.0. The van der Waals surface area contributed by atoms with E-state index in [1.54, 1.807) is 0 Å². The first-order valence-electron chi connectivity index (χ1n) is 6.41. The molecular formula is C14H20N2O. The average molecular weight is 232 g/mol. The van der Waals surface area contributed by atoms with Crippen molar-refractivity contribution in [3.63, 3.8) is 0 Å². The molecule has 1 amide bonds. The van der Waals surface area contributed by atoms with E-state index in [1.165, 1.54) is 0 Å². The van der Waals surface area contributed by atoms with Gasteiger partial charge in [-0.1, -0.05) is 25.8 Å². The van der Waals surface area contributed by atoms with E-state index in [4.69, 9.17) is 5.73 Å². The maximum Gasteiger partial charge on any atom is 0.226 e. The Kier molecular flexibility index (Phi) is 3.67. The smallest absolute Gasteiger partial charge is 0.226 e. The second-order valence-electron chi connectivity index (χ2n) is 4.60. The third-order valence-electron chi connectivity index (χ3n) is 3.36. The molecule has 2 N–H and O–H groups in total. The van der Waals surface area contributed by atoms with Gasteiger partial charge in [0, 0.05) is 29.9 Å². The summed E-state index contributed by atoms with van der Waals surface area (Å²) in [6, 6.07) is 5.83. The number of anilines is 2. The highest BCUT2D eigenvalue weighted by Gasteiger charge is 2.25. The maximum absolute atomic E-state index is 12.1. The summed E-state index contributed by atoms with van der Waals surface area (Å²) < 4.78 is 0. The molecule has 1 aromatic rings. The van der Waals surface area contributed by atoms with Crippen LogP contribution in [0.1, 0.15) is 38.2 Å². The van der Waals surface area contributed by atoms with Gasteiger partial charge in [-0.15, -0.1) is 0 Å². The predicted octanol–water partition coefficient (Wildman–Crippen LogP) is 2.74. The van der Waals surface area contributed by atoms with Gasteiger partial charge >= 0.3 is 0 Å². The molecule has 2 rings (SSSR count). The van der Waals surface area contributed by atoms with Gasteiger partial charge in [0.1, 0.15) is 0 Å². The zero-order valence-electron chi connectivity index (χ0n) is 10.4. The fourth-order valence-electron chi connectivity index (χ4n) is 2.38. The Labute approximate surface area is 103 Å². The maximum atomic E-state index is 12.1. The number of carbonyl (C=O) groups is 1. The van der Waals surface area contributed by atoms with E-state index in [0.29, 0.717) is 6.42 Å². The molecule has 0 aliphatic carbocycles. The summed E-state index contributed by atoms with van der Waals surface area (Å²) >= 11 is 0. The predicted molar refractivity (Wildman–Crippen MR) is 71.1 cm³/mol. The largest absolute Gasteiger partial charge is 0.398 e. The summed E-state index contributed by atoms with van der Waals surface area (Å²) in [5.41, 5.74) is 8.88. The third-order valence-corrected chi connectivity index (χ3v) is 3.36. The fraction of sp³-hybridized carbons (Fsp3) is 0.500. The van der Waals surface area contributed by atoms with Gasteiger partial charge in [0.05, 0.1) is 0 Å². The quantitative estimate of drug-likeness (QED) is 0.641. The minimum absolute atomic E-state index is 0.239. The Morgan fingerprint density at radius 1 is 1.41 bits per heavy atom. The zero-order chi connectivity index (χ0) is 12.3. The topological polar surface area (TPSA) is 46.3 Å². The van der Waals surface area contributed by atoms with E-state index in [-0.39, 0.29) is 5.91 Å². The van der Waals surface area contributed by atoms with Crippen molar-refractivity contribution in [1.82, 2.24) is 0 Å². The fourth-order valence-corrected chi connectivity index (χ4v) is 2.38. The van der Waals surface area contributed by atoms with Crippen molar-refractivity contribution in [1.29, 1.82) is 0 Å². The molecule has 3 heteroatoms. The van der Waals surface area contributed by atoms with E-state index in [1.807, 2.05) is 23.1 Å². The van der Waals surface area contributed by atoms with Crippen LogP contribution in [0.15, 0.2) is 18.2 Å². The highest BCUT2D eigenvalue weighted by Crippen LogP contribution is 2.32. The number of nitrogen functional groups attached to an aromatic ring is 1. The normalized spacial score (nSPS) is 13.8. The van der Waals surface area contributed by atoms with Crippen LogP contribution in [0.2, 0.25) is 0 Å². The SMILES string of the molecule is CCCCCC(=O)N1CCc2c(N)cccc21. The molecule has 1 heterocycles. The minimum atomic E-state index is 0.239. The molecular weight excluding hydrogens is 212 g/mol. The number of fused-ring (bicyclic) bond motifs is 1. The molecule has 92 valence electrons. The van der Waals surface area contributed by atoms with Crippen molar-refractivity contribution >= 4 is 17.3 Å². The number of benzene rings is 1. The molecule has 0 saturated heterocycles. The lowest BCUT2D eigenvalue weighted by molar-refractivity contribution is -0.118. The van der Waals surface area contributed by atoms with Gasteiger partial charge in [0.25, 0.3) is 0 Å². The number of nitrogens with two attached hydrogens (primary N) is 1. The number of unbranched alkanes of at least 4 members (excludes halogenated alkanes) is 2. The molecule has 3 nitrogen and oxygen atoms in total. The highest BCUT2D eigenvalue weighted by atomic mass is 16.2. The lowest BCUT2D eigenvalue weighted by Crippen LogP contribution is -2.28. The van der Waals surface area contributed by atoms with E-state index >= 15 is 0 Å². The van der Waals surface area contributed by atoms with Crippen molar-refractivity contribution < 1.29 is 4.79 Å². The second kappa shape index (κ2) is 5.21. The Hall–Kier alpha value is -1.51. The number of amides is 1. The van der Waals surface area contributed by atoms with Crippen molar-refractivity contribution in [2.75, 3.05) is 17.2 Å². The molecule has 1 aliphatic heterocycles. The summed E-state index contributed by atoms with van der Waals surface area (Å²) in [4.78, 5) is 14.0. The molecule has 0 fully saturated rings. The van der Waals surface area contributed by atoms with Gasteiger partial charge in [-0.25, -0.2) is 0 Å². The zero-order valence-corrected chi connectivity index (χ0v) is 10.4.